The molecule has 112 valence electrons. The van der Waals surface area contributed by atoms with Crippen molar-refractivity contribution in [2.24, 2.45) is 5.92 Å². The molecule has 6 nitrogen and oxygen atoms in total. The first-order valence-electron chi connectivity index (χ1n) is 7.58. The molecule has 0 aromatic carbocycles. The van der Waals surface area contributed by atoms with Crippen molar-refractivity contribution in [1.82, 2.24) is 15.0 Å². The smallest absolute Gasteiger partial charge is 0.232 e. The Kier molecular flexibility index (Phi) is 4.62. The number of anilines is 3. The van der Waals surface area contributed by atoms with E-state index in [1.165, 1.54) is 12.8 Å². The minimum atomic E-state index is 0.311. The monoisotopic (exact) mass is 278 g/mol. The van der Waals surface area contributed by atoms with E-state index in [2.05, 4.69) is 52.4 Å². The zero-order valence-corrected chi connectivity index (χ0v) is 13.0. The van der Waals surface area contributed by atoms with Gasteiger partial charge in [-0.15, -0.1) is 0 Å². The van der Waals surface area contributed by atoms with Crippen molar-refractivity contribution in [2.45, 2.75) is 46.6 Å². The molecule has 1 saturated carbocycles. The van der Waals surface area contributed by atoms with Gasteiger partial charge in [0.05, 0.1) is 0 Å². The van der Waals surface area contributed by atoms with Crippen molar-refractivity contribution >= 4 is 17.8 Å². The second-order valence-corrected chi connectivity index (χ2v) is 5.74. The molecule has 1 aromatic rings. The third-order valence-corrected chi connectivity index (χ3v) is 3.48. The summed E-state index contributed by atoms with van der Waals surface area (Å²) in [5, 5.41) is 0. The lowest BCUT2D eigenvalue weighted by Gasteiger charge is -2.26. The summed E-state index contributed by atoms with van der Waals surface area (Å²) in [4.78, 5) is 17.7. The summed E-state index contributed by atoms with van der Waals surface area (Å²) in [6.45, 7) is 11.3. The number of nitrogen functional groups attached to an aromatic ring is 1. The summed E-state index contributed by atoms with van der Waals surface area (Å²) in [5.41, 5.74) is 5.88. The van der Waals surface area contributed by atoms with Crippen LogP contribution in [0, 0.1) is 5.92 Å². The third kappa shape index (κ3) is 3.49. The Morgan fingerprint density at radius 2 is 1.70 bits per heavy atom. The average molecular weight is 278 g/mol. The molecule has 1 aliphatic rings. The van der Waals surface area contributed by atoms with E-state index in [0.29, 0.717) is 23.9 Å². The normalized spacial score (nSPS) is 14.7. The Morgan fingerprint density at radius 1 is 1.10 bits per heavy atom. The van der Waals surface area contributed by atoms with E-state index < -0.39 is 0 Å². The van der Waals surface area contributed by atoms with Crippen LogP contribution in [-0.4, -0.2) is 40.6 Å². The summed E-state index contributed by atoms with van der Waals surface area (Å²) in [7, 11) is 0. The van der Waals surface area contributed by atoms with E-state index in [-0.39, 0.29) is 0 Å². The van der Waals surface area contributed by atoms with E-state index >= 15 is 0 Å². The van der Waals surface area contributed by atoms with Crippen LogP contribution in [0.1, 0.15) is 40.5 Å². The molecular formula is C14H26N6. The Bertz CT molecular complexity index is 439. The standard InChI is InChI=1S/C14H26N6/c1-5-19(6-2)13-16-12(15)17-14(18-13)20(9-10(3)4)11-7-8-11/h10-11H,5-9H2,1-4H3,(H2,15,16,17,18). The van der Waals surface area contributed by atoms with Gasteiger partial charge in [0.1, 0.15) is 0 Å². The van der Waals surface area contributed by atoms with Crippen molar-refractivity contribution < 1.29 is 0 Å². The van der Waals surface area contributed by atoms with Crippen LogP contribution in [0.15, 0.2) is 0 Å². The minimum Gasteiger partial charge on any atom is -0.368 e. The van der Waals surface area contributed by atoms with Crippen LogP contribution >= 0.6 is 0 Å². The molecule has 0 spiro atoms. The molecule has 0 amide bonds. The highest BCUT2D eigenvalue weighted by molar-refractivity contribution is 5.45. The summed E-state index contributed by atoms with van der Waals surface area (Å²) in [5.74, 6) is 2.30. The predicted octanol–water partition coefficient (Wildman–Crippen LogP) is 1.92. The van der Waals surface area contributed by atoms with Gasteiger partial charge in [-0.1, -0.05) is 13.8 Å². The predicted molar refractivity (Wildman–Crippen MR) is 83.0 cm³/mol. The molecule has 1 fully saturated rings. The molecule has 0 aliphatic heterocycles. The largest absolute Gasteiger partial charge is 0.368 e. The highest BCUT2D eigenvalue weighted by Crippen LogP contribution is 2.31. The Morgan fingerprint density at radius 3 is 2.20 bits per heavy atom. The second-order valence-electron chi connectivity index (χ2n) is 5.74. The number of aromatic nitrogens is 3. The van der Waals surface area contributed by atoms with E-state index in [0.717, 1.165) is 25.6 Å². The maximum atomic E-state index is 5.88. The SMILES string of the molecule is CCN(CC)c1nc(N)nc(N(CC(C)C)C2CC2)n1. The van der Waals surface area contributed by atoms with Crippen LogP contribution < -0.4 is 15.5 Å². The number of hydrogen-bond acceptors (Lipinski definition) is 6. The number of hydrogen-bond donors (Lipinski definition) is 1. The fraction of sp³-hybridized carbons (Fsp3) is 0.786. The van der Waals surface area contributed by atoms with Gasteiger partial charge in [-0.05, 0) is 32.6 Å². The number of rotatable bonds is 7. The molecule has 0 bridgehead atoms. The first-order valence-corrected chi connectivity index (χ1v) is 7.58. The lowest BCUT2D eigenvalue weighted by molar-refractivity contribution is 0.596. The van der Waals surface area contributed by atoms with Gasteiger partial charge in [0.15, 0.2) is 0 Å². The van der Waals surface area contributed by atoms with Crippen LogP contribution in [0.4, 0.5) is 17.8 Å². The van der Waals surface area contributed by atoms with Crippen LogP contribution in [-0.2, 0) is 0 Å². The van der Waals surface area contributed by atoms with Crippen LogP contribution in [0.25, 0.3) is 0 Å². The van der Waals surface area contributed by atoms with Crippen molar-refractivity contribution in [3.05, 3.63) is 0 Å². The lowest BCUT2D eigenvalue weighted by atomic mass is 10.2. The van der Waals surface area contributed by atoms with Gasteiger partial charge >= 0.3 is 0 Å². The molecule has 0 saturated heterocycles. The van der Waals surface area contributed by atoms with Gasteiger partial charge in [-0.25, -0.2) is 0 Å². The molecular weight excluding hydrogens is 252 g/mol. The van der Waals surface area contributed by atoms with Gasteiger partial charge in [0, 0.05) is 25.7 Å². The highest BCUT2D eigenvalue weighted by atomic mass is 15.4. The maximum absolute atomic E-state index is 5.88. The van der Waals surface area contributed by atoms with E-state index in [1.54, 1.807) is 0 Å². The number of nitrogens with zero attached hydrogens (tertiary/aromatic N) is 5. The zero-order valence-electron chi connectivity index (χ0n) is 13.0. The van der Waals surface area contributed by atoms with Crippen molar-refractivity contribution in [2.75, 3.05) is 35.2 Å². The molecule has 6 heteroatoms. The maximum Gasteiger partial charge on any atom is 0.232 e. The first-order chi connectivity index (χ1) is 9.55. The molecule has 2 rings (SSSR count). The topological polar surface area (TPSA) is 71.2 Å². The third-order valence-electron chi connectivity index (χ3n) is 3.48. The van der Waals surface area contributed by atoms with Crippen LogP contribution in [0.2, 0.25) is 0 Å². The Hall–Kier alpha value is -1.59. The summed E-state index contributed by atoms with van der Waals surface area (Å²) in [6.07, 6.45) is 2.44. The van der Waals surface area contributed by atoms with Gasteiger partial charge < -0.3 is 15.5 Å². The molecule has 20 heavy (non-hydrogen) atoms. The quantitative estimate of drug-likeness (QED) is 0.821. The molecule has 2 N–H and O–H groups in total. The van der Waals surface area contributed by atoms with Crippen LogP contribution in [0.5, 0.6) is 0 Å². The highest BCUT2D eigenvalue weighted by Gasteiger charge is 2.31. The van der Waals surface area contributed by atoms with Crippen molar-refractivity contribution in [1.29, 1.82) is 0 Å². The van der Waals surface area contributed by atoms with Gasteiger partial charge in [0.25, 0.3) is 0 Å². The average Bonchev–Trinajstić information content (AvgIpc) is 3.21. The zero-order chi connectivity index (χ0) is 14.7. The molecule has 1 heterocycles. The first kappa shape index (κ1) is 14.8. The van der Waals surface area contributed by atoms with Crippen molar-refractivity contribution in [3.63, 3.8) is 0 Å². The Labute approximate surface area is 121 Å². The summed E-state index contributed by atoms with van der Waals surface area (Å²) in [6, 6.07) is 0.573. The molecule has 1 aliphatic carbocycles. The fourth-order valence-corrected chi connectivity index (χ4v) is 2.32. The lowest BCUT2D eigenvalue weighted by Crippen LogP contribution is -2.33. The summed E-state index contributed by atoms with van der Waals surface area (Å²) >= 11 is 0. The molecule has 0 atom stereocenters. The Balaban J connectivity index is 2.29. The minimum absolute atomic E-state index is 0.311. The molecule has 0 radical (unpaired) electrons. The number of nitrogens with two attached hydrogens (primary N) is 1. The van der Waals surface area contributed by atoms with Gasteiger partial charge in [0.2, 0.25) is 17.8 Å². The van der Waals surface area contributed by atoms with E-state index in [1.807, 2.05) is 0 Å². The van der Waals surface area contributed by atoms with Crippen molar-refractivity contribution in [3.8, 4) is 0 Å². The fourth-order valence-electron chi connectivity index (χ4n) is 2.32. The van der Waals surface area contributed by atoms with E-state index in [4.69, 9.17) is 5.73 Å². The van der Waals surface area contributed by atoms with Gasteiger partial charge in [-0.3, -0.25) is 0 Å². The van der Waals surface area contributed by atoms with Crippen LogP contribution in [0.3, 0.4) is 0 Å². The van der Waals surface area contributed by atoms with Gasteiger partial charge in [-0.2, -0.15) is 15.0 Å². The molecule has 0 unspecified atom stereocenters. The molecule has 1 aromatic heterocycles. The summed E-state index contributed by atoms with van der Waals surface area (Å²) < 4.78 is 0. The van der Waals surface area contributed by atoms with E-state index in [9.17, 15) is 0 Å². The second kappa shape index (κ2) is 6.24.